The van der Waals surface area contributed by atoms with Crippen LogP contribution in [0.3, 0.4) is 0 Å². The molecular formula is C19H16ClN5. The van der Waals surface area contributed by atoms with E-state index in [1.54, 1.807) is 12.5 Å². The van der Waals surface area contributed by atoms with Crippen molar-refractivity contribution in [3.05, 3.63) is 78.9 Å². The van der Waals surface area contributed by atoms with Crippen molar-refractivity contribution in [3.63, 3.8) is 0 Å². The van der Waals surface area contributed by atoms with E-state index in [-0.39, 0.29) is 0 Å². The fraction of sp³-hybridized carbons (Fsp3) is 0.0526. The van der Waals surface area contributed by atoms with Gasteiger partial charge in [0, 0.05) is 30.3 Å². The SMILES string of the molecule is C=CCn1cnc2c(Cl)cc(Nc3cccc(-n4cccn4)c3)cc21. The number of allylic oxidation sites excluding steroid dienone is 1. The smallest absolute Gasteiger partial charge is 0.107 e. The van der Waals surface area contributed by atoms with Crippen molar-refractivity contribution in [1.29, 1.82) is 0 Å². The molecule has 2 aromatic carbocycles. The molecule has 0 aliphatic carbocycles. The van der Waals surface area contributed by atoms with Crippen LogP contribution >= 0.6 is 11.6 Å². The molecule has 0 amide bonds. The van der Waals surface area contributed by atoms with Crippen LogP contribution < -0.4 is 5.32 Å². The first kappa shape index (κ1) is 15.5. The number of fused-ring (bicyclic) bond motifs is 1. The van der Waals surface area contributed by atoms with Gasteiger partial charge in [-0.15, -0.1) is 6.58 Å². The molecule has 124 valence electrons. The van der Waals surface area contributed by atoms with Crippen molar-refractivity contribution in [3.8, 4) is 5.69 Å². The van der Waals surface area contributed by atoms with Gasteiger partial charge in [-0.25, -0.2) is 9.67 Å². The number of halogens is 1. The highest BCUT2D eigenvalue weighted by Gasteiger charge is 2.09. The number of anilines is 2. The van der Waals surface area contributed by atoms with E-state index in [1.165, 1.54) is 0 Å². The maximum Gasteiger partial charge on any atom is 0.107 e. The molecule has 0 atom stereocenters. The van der Waals surface area contributed by atoms with Gasteiger partial charge in [-0.1, -0.05) is 23.7 Å². The Bertz CT molecular complexity index is 1030. The van der Waals surface area contributed by atoms with Gasteiger partial charge in [0.1, 0.15) is 5.52 Å². The van der Waals surface area contributed by atoms with Crippen LogP contribution in [-0.2, 0) is 6.54 Å². The van der Waals surface area contributed by atoms with Gasteiger partial charge in [-0.2, -0.15) is 5.10 Å². The second kappa shape index (κ2) is 6.45. The molecule has 0 spiro atoms. The molecule has 1 N–H and O–H groups in total. The van der Waals surface area contributed by atoms with Gasteiger partial charge in [0.25, 0.3) is 0 Å². The predicted molar refractivity (Wildman–Crippen MR) is 102 cm³/mol. The summed E-state index contributed by atoms with van der Waals surface area (Å²) < 4.78 is 3.83. The zero-order chi connectivity index (χ0) is 17.2. The van der Waals surface area contributed by atoms with E-state index in [0.29, 0.717) is 11.6 Å². The number of imidazole rings is 1. The Morgan fingerprint density at radius 3 is 2.88 bits per heavy atom. The van der Waals surface area contributed by atoms with E-state index in [9.17, 15) is 0 Å². The normalized spacial score (nSPS) is 10.9. The summed E-state index contributed by atoms with van der Waals surface area (Å²) in [4.78, 5) is 4.38. The second-order valence-electron chi connectivity index (χ2n) is 5.64. The summed E-state index contributed by atoms with van der Waals surface area (Å²) in [5.41, 5.74) is 4.61. The van der Waals surface area contributed by atoms with Gasteiger partial charge in [0.2, 0.25) is 0 Å². The largest absolute Gasteiger partial charge is 0.355 e. The van der Waals surface area contributed by atoms with Crippen LogP contribution in [0.1, 0.15) is 0 Å². The Balaban J connectivity index is 1.70. The second-order valence-corrected chi connectivity index (χ2v) is 6.04. The monoisotopic (exact) mass is 349 g/mol. The van der Waals surface area contributed by atoms with Crippen molar-refractivity contribution in [1.82, 2.24) is 19.3 Å². The molecular weight excluding hydrogens is 334 g/mol. The minimum atomic E-state index is 0.617. The molecule has 0 radical (unpaired) electrons. The lowest BCUT2D eigenvalue weighted by Gasteiger charge is -2.10. The first-order valence-electron chi connectivity index (χ1n) is 7.87. The Hall–Kier alpha value is -3.05. The summed E-state index contributed by atoms with van der Waals surface area (Å²) in [5.74, 6) is 0. The standard InChI is InChI=1S/C19H16ClN5/c1-2-8-24-13-21-19-17(20)11-15(12-18(19)24)23-14-5-3-6-16(10-14)25-9-4-7-22-25/h2-7,9-13,23H,1,8H2. The van der Waals surface area contributed by atoms with Gasteiger partial charge in [-0.3, -0.25) is 0 Å². The number of rotatable bonds is 5. The number of hydrogen-bond donors (Lipinski definition) is 1. The molecule has 0 aliphatic heterocycles. The van der Waals surface area contributed by atoms with E-state index in [4.69, 9.17) is 11.6 Å². The number of hydrogen-bond acceptors (Lipinski definition) is 3. The molecule has 2 aromatic heterocycles. The molecule has 2 heterocycles. The summed E-state index contributed by atoms with van der Waals surface area (Å²) in [6.07, 6.45) is 7.29. The molecule has 0 saturated carbocycles. The molecule has 0 saturated heterocycles. The molecule has 25 heavy (non-hydrogen) atoms. The Morgan fingerprint density at radius 2 is 2.08 bits per heavy atom. The van der Waals surface area contributed by atoms with E-state index in [1.807, 2.05) is 64.0 Å². The zero-order valence-corrected chi connectivity index (χ0v) is 14.2. The number of aromatic nitrogens is 4. The molecule has 4 aromatic rings. The summed E-state index contributed by atoms with van der Waals surface area (Å²) in [5, 5.41) is 8.28. The summed E-state index contributed by atoms with van der Waals surface area (Å²) in [6, 6.07) is 13.9. The zero-order valence-electron chi connectivity index (χ0n) is 13.4. The molecule has 6 heteroatoms. The maximum absolute atomic E-state index is 6.40. The average molecular weight is 350 g/mol. The van der Waals surface area contributed by atoms with Crippen molar-refractivity contribution in [2.24, 2.45) is 0 Å². The average Bonchev–Trinajstić information content (AvgIpc) is 3.26. The molecule has 0 bridgehead atoms. The number of nitrogens with one attached hydrogen (secondary N) is 1. The van der Waals surface area contributed by atoms with Crippen molar-refractivity contribution >= 4 is 34.0 Å². The van der Waals surface area contributed by atoms with Crippen molar-refractivity contribution in [2.45, 2.75) is 6.54 Å². The van der Waals surface area contributed by atoms with E-state index >= 15 is 0 Å². The molecule has 0 unspecified atom stereocenters. The topological polar surface area (TPSA) is 47.7 Å². The maximum atomic E-state index is 6.40. The van der Waals surface area contributed by atoms with Gasteiger partial charge in [-0.05, 0) is 36.4 Å². The van der Waals surface area contributed by atoms with Crippen molar-refractivity contribution in [2.75, 3.05) is 5.32 Å². The quantitative estimate of drug-likeness (QED) is 0.526. The van der Waals surface area contributed by atoms with Crippen molar-refractivity contribution < 1.29 is 0 Å². The number of nitrogens with zero attached hydrogens (tertiary/aromatic N) is 4. The Kier molecular flexibility index (Phi) is 3.99. The lowest BCUT2D eigenvalue weighted by Crippen LogP contribution is -1.97. The Labute approximate surface area is 150 Å². The fourth-order valence-corrected chi connectivity index (χ4v) is 3.06. The first-order valence-corrected chi connectivity index (χ1v) is 8.25. The summed E-state index contributed by atoms with van der Waals surface area (Å²) in [6.45, 7) is 4.47. The van der Waals surface area contributed by atoms with Gasteiger partial charge < -0.3 is 9.88 Å². The number of benzene rings is 2. The molecule has 4 rings (SSSR count). The summed E-state index contributed by atoms with van der Waals surface area (Å²) in [7, 11) is 0. The third kappa shape index (κ3) is 3.02. The van der Waals surface area contributed by atoms with E-state index < -0.39 is 0 Å². The van der Waals surface area contributed by atoms with Crippen LogP contribution in [0, 0.1) is 0 Å². The van der Waals surface area contributed by atoms with Crippen LogP contribution in [0.5, 0.6) is 0 Å². The fourth-order valence-electron chi connectivity index (χ4n) is 2.79. The van der Waals surface area contributed by atoms with Crippen LogP contribution in [0.25, 0.3) is 16.7 Å². The first-order chi connectivity index (χ1) is 12.2. The highest BCUT2D eigenvalue weighted by molar-refractivity contribution is 6.35. The minimum absolute atomic E-state index is 0.617. The molecule has 5 nitrogen and oxygen atoms in total. The van der Waals surface area contributed by atoms with Gasteiger partial charge in [0.15, 0.2) is 0 Å². The predicted octanol–water partition coefficient (Wildman–Crippen LogP) is 4.81. The van der Waals surface area contributed by atoms with E-state index in [2.05, 4.69) is 22.0 Å². The van der Waals surface area contributed by atoms with Crippen LogP contribution in [0.2, 0.25) is 5.02 Å². The third-order valence-corrected chi connectivity index (χ3v) is 4.20. The minimum Gasteiger partial charge on any atom is -0.355 e. The van der Waals surface area contributed by atoms with Gasteiger partial charge in [0.05, 0.1) is 22.6 Å². The van der Waals surface area contributed by atoms with E-state index in [0.717, 1.165) is 28.1 Å². The van der Waals surface area contributed by atoms with Crippen LogP contribution in [-0.4, -0.2) is 19.3 Å². The van der Waals surface area contributed by atoms with Crippen LogP contribution in [0.15, 0.2) is 73.8 Å². The Morgan fingerprint density at radius 1 is 1.16 bits per heavy atom. The lowest BCUT2D eigenvalue weighted by molar-refractivity contribution is 0.851. The molecule has 0 aliphatic rings. The van der Waals surface area contributed by atoms with Gasteiger partial charge >= 0.3 is 0 Å². The lowest BCUT2D eigenvalue weighted by atomic mass is 10.2. The third-order valence-electron chi connectivity index (χ3n) is 3.91. The molecule has 0 fully saturated rings. The van der Waals surface area contributed by atoms with Crippen LogP contribution in [0.4, 0.5) is 11.4 Å². The highest BCUT2D eigenvalue weighted by Crippen LogP contribution is 2.29. The summed E-state index contributed by atoms with van der Waals surface area (Å²) >= 11 is 6.40. The highest BCUT2D eigenvalue weighted by atomic mass is 35.5.